The van der Waals surface area contributed by atoms with Crippen LogP contribution in [0.15, 0.2) is 35.1 Å². The van der Waals surface area contributed by atoms with Crippen LogP contribution in [-0.2, 0) is 6.42 Å². The molecule has 1 aliphatic rings. The van der Waals surface area contributed by atoms with Crippen molar-refractivity contribution in [3.63, 3.8) is 0 Å². The van der Waals surface area contributed by atoms with Crippen LogP contribution in [-0.4, -0.2) is 62.2 Å². The van der Waals surface area contributed by atoms with Crippen LogP contribution in [0, 0.1) is 0 Å². The number of halogens is 2. The van der Waals surface area contributed by atoms with Gasteiger partial charge in [-0.15, -0.1) is 5.10 Å². The van der Waals surface area contributed by atoms with Crippen molar-refractivity contribution in [3.05, 3.63) is 46.3 Å². The number of fused-ring (bicyclic) bond motifs is 1. The zero-order valence-electron chi connectivity index (χ0n) is 17.1. The molecule has 166 valence electrons. The Kier molecular flexibility index (Phi) is 5.50. The van der Waals surface area contributed by atoms with E-state index in [-0.39, 0.29) is 0 Å². The summed E-state index contributed by atoms with van der Waals surface area (Å²) in [5.74, 6) is 2.87. The molecule has 1 aliphatic heterocycles. The van der Waals surface area contributed by atoms with E-state index < -0.39 is 0 Å². The summed E-state index contributed by atoms with van der Waals surface area (Å²) in [6, 6.07) is 5.27. The third kappa shape index (κ3) is 3.92. The Hall–Kier alpha value is -3.08. The van der Waals surface area contributed by atoms with E-state index in [0.717, 1.165) is 44.1 Å². The molecule has 0 radical (unpaired) electrons. The van der Waals surface area contributed by atoms with Crippen LogP contribution in [0.1, 0.15) is 5.56 Å². The van der Waals surface area contributed by atoms with E-state index in [1.54, 1.807) is 30.7 Å². The number of anilines is 3. The van der Waals surface area contributed by atoms with Crippen molar-refractivity contribution in [3.8, 4) is 11.6 Å². The maximum Gasteiger partial charge on any atom is 0.256 e. The molecule has 1 saturated heterocycles. The van der Waals surface area contributed by atoms with Gasteiger partial charge in [0.15, 0.2) is 5.76 Å². The van der Waals surface area contributed by atoms with Crippen molar-refractivity contribution in [2.45, 2.75) is 6.42 Å². The molecule has 0 spiro atoms. The minimum Gasteiger partial charge on any atom is -0.461 e. The predicted molar refractivity (Wildman–Crippen MR) is 124 cm³/mol. The molecule has 32 heavy (non-hydrogen) atoms. The van der Waals surface area contributed by atoms with Gasteiger partial charge in [0.25, 0.3) is 5.78 Å². The van der Waals surface area contributed by atoms with Crippen LogP contribution < -0.4 is 16.4 Å². The average molecular weight is 474 g/mol. The van der Waals surface area contributed by atoms with Crippen molar-refractivity contribution >= 4 is 46.4 Å². The highest BCUT2D eigenvalue weighted by molar-refractivity contribution is 6.36. The van der Waals surface area contributed by atoms with E-state index in [0.29, 0.717) is 45.5 Å². The molecule has 5 rings (SSSR count). The molecule has 1 fully saturated rings. The van der Waals surface area contributed by atoms with E-state index >= 15 is 0 Å². The zero-order valence-corrected chi connectivity index (χ0v) is 18.6. The fourth-order valence-electron chi connectivity index (χ4n) is 3.83. The number of hydrogen-bond donors (Lipinski definition) is 2. The van der Waals surface area contributed by atoms with Crippen LogP contribution in [0.3, 0.4) is 0 Å². The fourth-order valence-corrected chi connectivity index (χ4v) is 4.33. The highest BCUT2D eigenvalue weighted by Gasteiger charge is 2.22. The fraction of sp³-hybridized carbons (Fsp3) is 0.300. The van der Waals surface area contributed by atoms with Gasteiger partial charge in [-0.1, -0.05) is 23.2 Å². The van der Waals surface area contributed by atoms with E-state index in [1.165, 1.54) is 4.52 Å². The first-order chi connectivity index (χ1) is 15.5. The maximum atomic E-state index is 6.38. The Labute approximate surface area is 193 Å². The summed E-state index contributed by atoms with van der Waals surface area (Å²) in [5.41, 5.74) is 13.3. The first-order valence-electron chi connectivity index (χ1n) is 10.1. The lowest BCUT2D eigenvalue weighted by atomic mass is 10.1. The van der Waals surface area contributed by atoms with Crippen molar-refractivity contribution in [1.82, 2.24) is 29.5 Å². The molecule has 0 atom stereocenters. The minimum absolute atomic E-state index is 0.344. The second-order valence-electron chi connectivity index (χ2n) is 7.52. The quantitative estimate of drug-likeness (QED) is 0.449. The van der Waals surface area contributed by atoms with Crippen molar-refractivity contribution in [2.24, 2.45) is 0 Å². The van der Waals surface area contributed by atoms with Crippen LogP contribution >= 0.6 is 23.2 Å². The third-order valence-corrected chi connectivity index (χ3v) is 6.02. The molecule has 4 aromatic rings. The predicted octanol–water partition coefficient (Wildman–Crippen LogP) is 2.62. The average Bonchev–Trinajstić information content (AvgIpc) is 3.44. The number of piperazine rings is 1. The topological polar surface area (TPSA) is 128 Å². The SMILES string of the molecule is Nc1nc2nc(-c3ccco3)nn2c(N)c1CCN1CCN(c2ncc(Cl)cc2Cl)CC1. The molecule has 4 aromatic heterocycles. The summed E-state index contributed by atoms with van der Waals surface area (Å²) < 4.78 is 6.87. The van der Waals surface area contributed by atoms with Gasteiger partial charge in [0.05, 0.1) is 16.3 Å². The van der Waals surface area contributed by atoms with Crippen LogP contribution in [0.25, 0.3) is 17.4 Å². The van der Waals surface area contributed by atoms with E-state index in [4.69, 9.17) is 39.1 Å². The summed E-state index contributed by atoms with van der Waals surface area (Å²) in [6.07, 6.45) is 3.83. The monoisotopic (exact) mass is 473 g/mol. The molecular weight excluding hydrogens is 453 g/mol. The Balaban J connectivity index is 1.26. The van der Waals surface area contributed by atoms with E-state index in [9.17, 15) is 0 Å². The summed E-state index contributed by atoms with van der Waals surface area (Å²) in [4.78, 5) is 17.6. The van der Waals surface area contributed by atoms with Crippen LogP contribution in [0.4, 0.5) is 17.5 Å². The second kappa shape index (κ2) is 8.45. The zero-order chi connectivity index (χ0) is 22.2. The Bertz CT molecular complexity index is 1250. The summed E-state index contributed by atoms with van der Waals surface area (Å²) in [7, 11) is 0. The Morgan fingerprint density at radius 1 is 1.09 bits per heavy atom. The number of hydrogen-bond acceptors (Lipinski definition) is 9. The number of nitrogen functional groups attached to an aromatic ring is 2. The van der Waals surface area contributed by atoms with Gasteiger partial charge in [-0.25, -0.2) is 4.98 Å². The van der Waals surface area contributed by atoms with Crippen molar-refractivity contribution in [2.75, 3.05) is 49.1 Å². The molecule has 0 bridgehead atoms. The van der Waals surface area contributed by atoms with Gasteiger partial charge in [-0.05, 0) is 24.6 Å². The molecule has 0 amide bonds. The van der Waals surface area contributed by atoms with Gasteiger partial charge in [-0.2, -0.15) is 14.5 Å². The second-order valence-corrected chi connectivity index (χ2v) is 8.37. The lowest BCUT2D eigenvalue weighted by Gasteiger charge is -2.35. The molecule has 5 heterocycles. The normalized spacial score (nSPS) is 15.0. The van der Waals surface area contributed by atoms with Gasteiger partial charge in [0.2, 0.25) is 5.82 Å². The molecule has 0 aromatic carbocycles. The smallest absolute Gasteiger partial charge is 0.256 e. The maximum absolute atomic E-state index is 6.38. The van der Waals surface area contributed by atoms with Crippen molar-refractivity contribution < 1.29 is 4.42 Å². The molecule has 12 heteroatoms. The molecule has 0 unspecified atom stereocenters. The summed E-state index contributed by atoms with van der Waals surface area (Å²) in [6.45, 7) is 4.14. The first kappa shape index (κ1) is 20.8. The third-order valence-electron chi connectivity index (χ3n) is 5.54. The number of rotatable bonds is 5. The van der Waals surface area contributed by atoms with Crippen molar-refractivity contribution in [1.29, 1.82) is 0 Å². The lowest BCUT2D eigenvalue weighted by molar-refractivity contribution is 0.260. The first-order valence-corrected chi connectivity index (χ1v) is 10.9. The van der Waals surface area contributed by atoms with Gasteiger partial charge in [-0.3, -0.25) is 4.90 Å². The Morgan fingerprint density at radius 3 is 2.62 bits per heavy atom. The summed E-state index contributed by atoms with van der Waals surface area (Å²) >= 11 is 12.3. The number of aromatic nitrogens is 5. The van der Waals surface area contributed by atoms with Crippen LogP contribution in [0.5, 0.6) is 0 Å². The van der Waals surface area contributed by atoms with Gasteiger partial charge < -0.3 is 20.8 Å². The molecule has 0 saturated carbocycles. The summed E-state index contributed by atoms with van der Waals surface area (Å²) in [5, 5.41) is 5.52. The lowest BCUT2D eigenvalue weighted by Crippen LogP contribution is -2.47. The molecule has 4 N–H and O–H groups in total. The molecule has 0 aliphatic carbocycles. The largest absolute Gasteiger partial charge is 0.461 e. The molecule has 10 nitrogen and oxygen atoms in total. The standard InChI is InChI=1S/C20H21Cl2N9O/c21-12-10-14(22)19(25-11-12)30-7-5-29(6-8-30)4-3-13-16(23)26-20-27-18(15-2-1-9-32-15)28-31(20)17(13)24/h1-2,9-11H,3-8,24H2,(H2,23,26,27,28). The highest BCUT2D eigenvalue weighted by Crippen LogP contribution is 2.27. The number of nitrogens with two attached hydrogens (primary N) is 2. The highest BCUT2D eigenvalue weighted by atomic mass is 35.5. The molecular formula is C20H21Cl2N9O. The number of nitrogens with zero attached hydrogens (tertiary/aromatic N) is 7. The minimum atomic E-state index is 0.344. The number of furan rings is 1. The van der Waals surface area contributed by atoms with Crippen LogP contribution in [0.2, 0.25) is 10.0 Å². The van der Waals surface area contributed by atoms with Gasteiger partial charge >= 0.3 is 0 Å². The number of pyridine rings is 1. The van der Waals surface area contributed by atoms with Gasteiger partial charge in [0, 0.05) is 44.5 Å². The van der Waals surface area contributed by atoms with Gasteiger partial charge in [0.1, 0.15) is 17.5 Å². The van der Waals surface area contributed by atoms with E-state index in [1.807, 2.05) is 0 Å². The van der Waals surface area contributed by atoms with E-state index in [2.05, 4.69) is 29.9 Å². The Morgan fingerprint density at radius 2 is 1.91 bits per heavy atom.